The van der Waals surface area contributed by atoms with E-state index < -0.39 is 71.6 Å². The van der Waals surface area contributed by atoms with Crippen molar-refractivity contribution in [2.75, 3.05) is 6.61 Å². The average molecular weight is 779 g/mol. The molecule has 2 aromatic carbocycles. The molecule has 1 aliphatic heterocycles. The Morgan fingerprint density at radius 3 is 1.93 bits per heavy atom. The van der Waals surface area contributed by atoms with Crippen molar-refractivity contribution in [1.82, 2.24) is 5.32 Å². The maximum absolute atomic E-state index is 13.6. The van der Waals surface area contributed by atoms with Crippen molar-refractivity contribution < 1.29 is 56.0 Å². The molecule has 1 heterocycles. The summed E-state index contributed by atoms with van der Waals surface area (Å²) in [5, 5.41) is 23.5. The van der Waals surface area contributed by atoms with Crippen LogP contribution in [-0.2, 0) is 56.0 Å². The van der Waals surface area contributed by atoms with Gasteiger partial charge < -0.3 is 29.7 Å². The third-order valence-electron chi connectivity index (χ3n) is 9.39. The van der Waals surface area contributed by atoms with Crippen LogP contribution in [0, 0.1) is 0 Å². The molecule has 14 heteroatoms. The number of amides is 1. The van der Waals surface area contributed by atoms with Crippen molar-refractivity contribution in [3.05, 3.63) is 71.8 Å². The van der Waals surface area contributed by atoms with Gasteiger partial charge in [-0.3, -0.25) is 18.9 Å². The molecule has 0 bridgehead atoms. The number of hydrogen-bond acceptors (Lipinski definition) is 12. The lowest BCUT2D eigenvalue weighted by Gasteiger charge is -2.43. The quantitative estimate of drug-likeness (QED) is 0.0503. The third kappa shape index (κ3) is 17.8. The van der Waals surface area contributed by atoms with E-state index in [-0.39, 0.29) is 19.3 Å². The minimum atomic E-state index is -5.00. The van der Waals surface area contributed by atoms with E-state index in [0.29, 0.717) is 38.5 Å². The first kappa shape index (κ1) is 43.3. The van der Waals surface area contributed by atoms with Crippen molar-refractivity contribution in [3.8, 4) is 0 Å². The standard InChI is InChI=1S/C40H59NO12S/c1-2-3-4-5-6-7-8-9-16-25-32(50-35(44)26-17-23-30-19-12-10-13-20-30)28-34(43)41-37-39(38(53-54(47,48)49)33(29-42)51-40(37)46)52-36(45)27-18-24-31-21-14-11-15-22-31/h10-15,19-22,32-33,37-40,42,46H,2-9,16-18,23-29H2,1H3,(H,41,43)(H,47,48,49)/t32-,33-,37-,38-,39-,40?/m1/s1/i/hD. The van der Waals surface area contributed by atoms with Gasteiger partial charge in [-0.25, -0.2) is 4.18 Å². The first-order valence-electron chi connectivity index (χ1n) is 19.7. The maximum atomic E-state index is 13.6. The van der Waals surface area contributed by atoms with Gasteiger partial charge in [0.2, 0.25) is 7.34 Å². The first-order chi connectivity index (χ1) is 26.5. The van der Waals surface area contributed by atoms with Crippen molar-refractivity contribution in [2.45, 2.75) is 153 Å². The van der Waals surface area contributed by atoms with Crippen LogP contribution in [0.2, 0.25) is 0 Å². The fourth-order valence-electron chi connectivity index (χ4n) is 6.57. The van der Waals surface area contributed by atoms with Crippen LogP contribution in [0.15, 0.2) is 60.7 Å². The number of nitrogens with one attached hydrogen (secondary N) is 1. The van der Waals surface area contributed by atoms with E-state index in [0.717, 1.165) is 36.8 Å². The maximum Gasteiger partial charge on any atom is 0.397 e. The fraction of sp³-hybridized carbons (Fsp3) is 0.625. The molecule has 1 fully saturated rings. The number of carbonyl (C=O) groups excluding carboxylic acids is 3. The number of carbonyl (C=O) groups is 3. The van der Waals surface area contributed by atoms with E-state index in [9.17, 15) is 33.0 Å². The Bertz CT molecular complexity index is 1500. The van der Waals surface area contributed by atoms with Crippen LogP contribution in [0.3, 0.4) is 0 Å². The highest BCUT2D eigenvalue weighted by Crippen LogP contribution is 2.27. The highest BCUT2D eigenvalue weighted by molar-refractivity contribution is 7.80. The predicted octanol–water partition coefficient (Wildman–Crippen LogP) is 5.55. The van der Waals surface area contributed by atoms with E-state index in [1.165, 1.54) is 25.7 Å². The molecule has 0 saturated carbocycles. The Balaban J connectivity index is 1.69. The largest absolute Gasteiger partial charge is 0.462 e. The van der Waals surface area contributed by atoms with Gasteiger partial charge in [-0.1, -0.05) is 119 Å². The van der Waals surface area contributed by atoms with Crippen LogP contribution in [0.1, 0.15) is 114 Å². The van der Waals surface area contributed by atoms with Crippen LogP contribution in [0.5, 0.6) is 0 Å². The zero-order valence-electron chi connectivity index (χ0n) is 32.4. The SMILES string of the molecule is [2H]OS(=O)(=O)O[C@H]1[C@H](OC(=O)CCCc2ccccc2)[C@@H](NC(=O)C[C@@H](CCCCCCCCCCC)OC(=O)CCCc2ccccc2)C(O)O[C@@H]1CO. The summed E-state index contributed by atoms with van der Waals surface area (Å²) in [5.41, 5.74) is 2.07. The molecule has 4 N–H and O–H groups in total. The van der Waals surface area contributed by atoms with Gasteiger partial charge in [-0.2, -0.15) is 8.42 Å². The summed E-state index contributed by atoms with van der Waals surface area (Å²) >= 11 is 0. The highest BCUT2D eigenvalue weighted by atomic mass is 32.3. The van der Waals surface area contributed by atoms with Crippen molar-refractivity contribution in [3.63, 3.8) is 0 Å². The molecule has 13 nitrogen and oxygen atoms in total. The number of aliphatic hydroxyl groups is 2. The number of benzene rings is 2. The van der Waals surface area contributed by atoms with Crippen LogP contribution in [-0.4, -0.2) is 84.4 Å². The first-order valence-corrected chi connectivity index (χ1v) is 20.7. The summed E-state index contributed by atoms with van der Waals surface area (Å²) in [5.74, 6) is -1.94. The van der Waals surface area contributed by atoms with Crippen molar-refractivity contribution >= 4 is 28.2 Å². The van der Waals surface area contributed by atoms with E-state index in [4.69, 9.17) is 19.8 Å². The highest BCUT2D eigenvalue weighted by Gasteiger charge is 2.50. The molecule has 0 aliphatic carbocycles. The van der Waals surface area contributed by atoms with Crippen LogP contribution >= 0.6 is 0 Å². The number of aliphatic hydroxyl groups excluding tert-OH is 2. The summed E-state index contributed by atoms with van der Waals surface area (Å²) in [6.45, 7) is 1.31. The number of unbranched alkanes of at least 4 members (excludes halogenated alkanes) is 8. The molecule has 302 valence electrons. The second-order valence-electron chi connectivity index (χ2n) is 13.9. The second kappa shape index (κ2) is 24.9. The third-order valence-corrected chi connectivity index (χ3v) is 9.85. The van der Waals surface area contributed by atoms with E-state index >= 15 is 0 Å². The molecule has 1 amide bonds. The van der Waals surface area contributed by atoms with Crippen LogP contribution in [0.25, 0.3) is 1.43 Å². The van der Waals surface area contributed by atoms with Crippen LogP contribution < -0.4 is 5.32 Å². The van der Waals surface area contributed by atoms with Gasteiger partial charge in [0.05, 0.1) is 13.0 Å². The second-order valence-corrected chi connectivity index (χ2v) is 14.9. The van der Waals surface area contributed by atoms with Gasteiger partial charge in [0.25, 0.3) is 0 Å². The lowest BCUT2D eigenvalue weighted by Crippen LogP contribution is -2.66. The lowest BCUT2D eigenvalue weighted by molar-refractivity contribution is -0.254. The summed E-state index contributed by atoms with van der Waals surface area (Å²) in [6.07, 6.45) is 4.28. The van der Waals surface area contributed by atoms with Gasteiger partial charge in [-0.15, -0.1) is 0 Å². The molecule has 3 rings (SSSR count). The number of rotatable bonds is 27. The van der Waals surface area contributed by atoms with Gasteiger partial charge in [0, 0.05) is 12.8 Å². The number of ether oxygens (including phenoxy) is 3. The summed E-state index contributed by atoms with van der Waals surface area (Å²) in [4.78, 5) is 39.6. The van der Waals surface area contributed by atoms with Crippen LogP contribution in [0.4, 0.5) is 0 Å². The van der Waals surface area contributed by atoms with Crippen molar-refractivity contribution in [1.29, 1.82) is 1.43 Å². The zero-order chi connectivity index (χ0) is 39.9. The van der Waals surface area contributed by atoms with E-state index in [1.807, 2.05) is 60.7 Å². The van der Waals surface area contributed by atoms with Gasteiger partial charge in [0.1, 0.15) is 24.4 Å². The Kier molecular flexibility index (Phi) is 20.0. The van der Waals surface area contributed by atoms with Gasteiger partial charge in [-0.05, 0) is 49.7 Å². The molecular weight excluding hydrogens is 719 g/mol. The zero-order valence-corrected chi connectivity index (χ0v) is 32.2. The summed E-state index contributed by atoms with van der Waals surface area (Å²) in [7, 11) is -5.00. The molecule has 1 saturated heterocycles. The predicted molar refractivity (Wildman–Crippen MR) is 201 cm³/mol. The molecule has 6 atom stereocenters. The molecular formula is C40H59NO12S. The summed E-state index contributed by atoms with van der Waals surface area (Å²) in [6, 6.07) is 17.6. The monoisotopic (exact) mass is 778 g/mol. The molecule has 2 aromatic rings. The smallest absolute Gasteiger partial charge is 0.397 e. The Morgan fingerprint density at radius 1 is 0.815 bits per heavy atom. The number of esters is 2. The normalized spacial score (nSPS) is 20.8. The molecule has 0 aromatic heterocycles. The van der Waals surface area contributed by atoms with E-state index in [2.05, 4.69) is 16.8 Å². The van der Waals surface area contributed by atoms with Crippen molar-refractivity contribution in [2.24, 2.45) is 0 Å². The van der Waals surface area contributed by atoms with Gasteiger partial charge >= 0.3 is 22.3 Å². The molecule has 54 heavy (non-hydrogen) atoms. The Labute approximate surface area is 321 Å². The lowest BCUT2D eigenvalue weighted by atomic mass is 9.96. The fourth-order valence-corrected chi connectivity index (χ4v) is 7.07. The molecule has 1 unspecified atom stereocenters. The van der Waals surface area contributed by atoms with E-state index in [1.54, 1.807) is 0 Å². The number of hydrogen-bond donors (Lipinski definition) is 4. The molecule has 0 radical (unpaired) electrons. The molecule has 1 aliphatic rings. The minimum Gasteiger partial charge on any atom is -0.462 e. The Morgan fingerprint density at radius 2 is 1.37 bits per heavy atom. The molecule has 0 spiro atoms. The topological polar surface area (TPSA) is 195 Å². The van der Waals surface area contributed by atoms with Gasteiger partial charge in [0.15, 0.2) is 12.4 Å². The average Bonchev–Trinajstić information content (AvgIpc) is 3.17. The number of aryl methyl sites for hydroxylation is 2. The Hall–Kier alpha value is -3.40. The summed E-state index contributed by atoms with van der Waals surface area (Å²) < 4.78 is 56.8. The minimum absolute atomic E-state index is 0.109.